The highest BCUT2D eigenvalue weighted by Gasteiger charge is 2.07. The Hall–Kier alpha value is -0.570. The summed E-state index contributed by atoms with van der Waals surface area (Å²) in [5.74, 6) is -1.18. The molecular weight excluding hydrogens is 142 g/mol. The number of aliphatic carboxylic acids is 1. The van der Waals surface area contributed by atoms with Crippen molar-refractivity contribution < 1.29 is 14.0 Å². The Morgan fingerprint density at radius 2 is 2.36 bits per heavy atom. The molecule has 66 valence electrons. The summed E-state index contributed by atoms with van der Waals surface area (Å²) < 4.78 is 28.6. The second-order valence-electron chi connectivity index (χ2n) is 3.27. The molecule has 2 N–H and O–H groups in total. The van der Waals surface area contributed by atoms with Crippen LogP contribution in [-0.2, 0) is 4.79 Å². The van der Waals surface area contributed by atoms with E-state index in [2.05, 4.69) is 10.4 Å². The second kappa shape index (κ2) is 4.34. The number of rotatable bonds is 4. The van der Waals surface area contributed by atoms with Crippen LogP contribution in [0.15, 0.2) is 0 Å². The normalized spacial score (nSPS) is 20.6. The van der Waals surface area contributed by atoms with Gasteiger partial charge in [-0.15, -0.1) is 0 Å². The summed E-state index contributed by atoms with van der Waals surface area (Å²) in [5.41, 5.74) is -0.294. The Balaban J connectivity index is 4.35. The minimum absolute atomic E-state index is 0.139. The van der Waals surface area contributed by atoms with Crippen molar-refractivity contribution in [3.63, 3.8) is 0 Å². The van der Waals surface area contributed by atoms with Crippen LogP contribution in [0.2, 0.25) is 0 Å². The molecule has 0 heterocycles. The van der Waals surface area contributed by atoms with Crippen molar-refractivity contribution in [2.24, 2.45) is 0 Å². The second-order valence-corrected chi connectivity index (χ2v) is 3.27. The molecule has 0 spiro atoms. The van der Waals surface area contributed by atoms with Gasteiger partial charge in [0, 0.05) is 16.0 Å². The van der Waals surface area contributed by atoms with Crippen LogP contribution in [0.4, 0.5) is 0 Å². The van der Waals surface area contributed by atoms with Crippen LogP contribution in [0, 0.1) is 0 Å². The van der Waals surface area contributed by atoms with E-state index in [1.165, 1.54) is 0 Å². The monoisotopic (exact) mass is 163 g/mol. The molecule has 0 aromatic rings. The highest BCUT2D eigenvalue weighted by Crippen LogP contribution is 1.98. The average Bonchev–Trinajstić information content (AvgIpc) is 2.11. The molecule has 0 aliphatic rings. The van der Waals surface area contributed by atoms with Gasteiger partial charge in [-0.3, -0.25) is 4.79 Å². The van der Waals surface area contributed by atoms with Crippen LogP contribution in [0.1, 0.15) is 37.7 Å². The predicted octanol–water partition coefficient (Wildman–Crippen LogP) is 1.24. The molecule has 3 heteroatoms. The van der Waals surface area contributed by atoms with E-state index in [9.17, 15) is 4.79 Å². The maximum Gasteiger partial charge on any atom is 0.303 e. The summed E-state index contributed by atoms with van der Waals surface area (Å²) in [6.45, 7) is 5.42. The van der Waals surface area contributed by atoms with E-state index in [0.717, 1.165) is 0 Å². The summed E-state index contributed by atoms with van der Waals surface area (Å²) in [5, 5.41) is 6.44. The third kappa shape index (κ3) is 9.43. The molecule has 1 atom stereocenters. The van der Waals surface area contributed by atoms with Crippen molar-refractivity contribution in [2.45, 2.75) is 39.1 Å². The van der Waals surface area contributed by atoms with Gasteiger partial charge in [-0.2, -0.15) is 0 Å². The molecule has 0 saturated heterocycles. The van der Waals surface area contributed by atoms with Gasteiger partial charge in [-0.25, -0.2) is 0 Å². The Labute approximate surface area is 73.5 Å². The van der Waals surface area contributed by atoms with Crippen molar-refractivity contribution in [1.82, 2.24) is 5.32 Å². The SMILES string of the molecule is [2H]OC(=O)C([2H])C([2H])([2H])CNC(C)(C)C. The minimum atomic E-state index is -2.05. The quantitative estimate of drug-likeness (QED) is 0.655. The standard InChI is InChI=1S/C8H17NO2/c1-8(2,3)9-6-4-5-7(10)11/h9H,4-6H2,1-3H3,(H,10,11)/i4D2,5D/hD. The zero-order valence-electron chi connectivity index (χ0n) is 11.1. The van der Waals surface area contributed by atoms with Gasteiger partial charge in [0.15, 0.2) is 0 Å². The highest BCUT2D eigenvalue weighted by molar-refractivity contribution is 5.66. The van der Waals surface area contributed by atoms with Crippen molar-refractivity contribution in [2.75, 3.05) is 6.54 Å². The Bertz CT molecular complexity index is 227. The fourth-order valence-corrected chi connectivity index (χ4v) is 0.451. The minimum Gasteiger partial charge on any atom is -0.481 e. The van der Waals surface area contributed by atoms with E-state index in [1.807, 2.05) is 20.8 Å². The highest BCUT2D eigenvalue weighted by atomic mass is 16.4. The molecule has 3 nitrogen and oxygen atoms in total. The van der Waals surface area contributed by atoms with E-state index < -0.39 is 18.7 Å². The first-order valence-electron chi connectivity index (χ1n) is 5.43. The number of carboxylic acids is 1. The first-order valence-corrected chi connectivity index (χ1v) is 3.44. The lowest BCUT2D eigenvalue weighted by atomic mass is 10.1. The van der Waals surface area contributed by atoms with Gasteiger partial charge in [-0.1, -0.05) is 0 Å². The molecule has 11 heavy (non-hydrogen) atoms. The third-order valence-electron chi connectivity index (χ3n) is 0.941. The van der Waals surface area contributed by atoms with Gasteiger partial charge >= 0.3 is 5.97 Å². The summed E-state index contributed by atoms with van der Waals surface area (Å²) in [6.07, 6.45) is -3.75. The zero-order valence-corrected chi connectivity index (χ0v) is 7.10. The Morgan fingerprint density at radius 1 is 1.73 bits per heavy atom. The van der Waals surface area contributed by atoms with E-state index in [0.29, 0.717) is 0 Å². The summed E-state index contributed by atoms with van der Waals surface area (Å²) in [4.78, 5) is 10.8. The van der Waals surface area contributed by atoms with Gasteiger partial charge in [0.05, 0.1) is 0 Å². The van der Waals surface area contributed by atoms with E-state index >= 15 is 0 Å². The van der Waals surface area contributed by atoms with Crippen molar-refractivity contribution in [3.05, 3.63) is 0 Å². The molecule has 0 aliphatic heterocycles. The zero-order chi connectivity index (χ0) is 12.3. The van der Waals surface area contributed by atoms with E-state index in [1.54, 1.807) is 0 Å². The molecule has 0 aromatic heterocycles. The molecule has 0 saturated carbocycles. The predicted molar refractivity (Wildman–Crippen MR) is 44.6 cm³/mol. The molecule has 0 radical (unpaired) electrons. The Kier molecular flexibility index (Phi) is 2.03. The van der Waals surface area contributed by atoms with Gasteiger partial charge in [0.2, 0.25) is 0 Å². The maximum atomic E-state index is 10.8. The van der Waals surface area contributed by atoms with Crippen LogP contribution in [0.25, 0.3) is 1.43 Å². The maximum absolute atomic E-state index is 10.8. The molecule has 0 amide bonds. The topological polar surface area (TPSA) is 49.3 Å². The lowest BCUT2D eigenvalue weighted by Crippen LogP contribution is -2.36. The molecule has 0 bridgehead atoms. The van der Waals surface area contributed by atoms with Crippen LogP contribution in [0.5, 0.6) is 0 Å². The van der Waals surface area contributed by atoms with Gasteiger partial charge < -0.3 is 10.4 Å². The molecule has 0 aromatic carbocycles. The Morgan fingerprint density at radius 3 is 2.82 bits per heavy atom. The van der Waals surface area contributed by atoms with Gasteiger partial charge in [0.1, 0.15) is 0 Å². The number of carboxylic acid groups (broad SMARTS) is 1. The largest absolute Gasteiger partial charge is 0.481 e. The van der Waals surface area contributed by atoms with Crippen LogP contribution >= 0.6 is 0 Å². The van der Waals surface area contributed by atoms with E-state index in [-0.39, 0.29) is 12.1 Å². The fraction of sp³-hybridized carbons (Fsp3) is 0.875. The lowest BCUT2D eigenvalue weighted by Gasteiger charge is -2.19. The number of hydrogen-bond acceptors (Lipinski definition) is 3. The van der Waals surface area contributed by atoms with Gasteiger partial charge in [0.25, 0.3) is 1.43 Å². The number of hydrogen-bond donors (Lipinski definition) is 2. The first kappa shape index (κ1) is 5.14. The molecular formula is C8H17NO2. The van der Waals surface area contributed by atoms with Crippen LogP contribution < -0.4 is 5.32 Å². The van der Waals surface area contributed by atoms with Crippen molar-refractivity contribution in [3.8, 4) is 0 Å². The summed E-state index contributed by atoms with van der Waals surface area (Å²) >= 11 is 0. The lowest BCUT2D eigenvalue weighted by molar-refractivity contribution is -0.137. The van der Waals surface area contributed by atoms with Crippen molar-refractivity contribution >= 4 is 5.97 Å². The number of nitrogens with one attached hydrogen (secondary N) is 1. The van der Waals surface area contributed by atoms with Crippen molar-refractivity contribution in [1.29, 1.82) is 1.43 Å². The summed E-state index contributed by atoms with van der Waals surface area (Å²) in [7, 11) is 0. The molecule has 0 fully saturated rings. The van der Waals surface area contributed by atoms with Gasteiger partial charge in [-0.05, 0) is 33.7 Å². The molecule has 1 unspecified atom stereocenters. The summed E-state index contributed by atoms with van der Waals surface area (Å²) in [6, 6.07) is 0. The van der Waals surface area contributed by atoms with E-state index in [4.69, 9.17) is 5.54 Å². The number of carbonyl (C=O) groups is 1. The first-order chi connectivity index (χ1) is 6.60. The average molecular weight is 163 g/mol. The molecule has 0 aliphatic carbocycles. The fourth-order valence-electron chi connectivity index (χ4n) is 0.451. The molecule has 0 rings (SSSR count). The third-order valence-corrected chi connectivity index (χ3v) is 0.941. The smallest absolute Gasteiger partial charge is 0.303 e. The van der Waals surface area contributed by atoms with Crippen LogP contribution in [0.3, 0.4) is 0 Å². The van der Waals surface area contributed by atoms with Crippen LogP contribution in [-0.4, -0.2) is 23.2 Å².